The molecule has 0 radical (unpaired) electrons. The molecule has 1 aliphatic heterocycles. The topological polar surface area (TPSA) is 175 Å². The number of carbonyl (C=O) groups is 3. The Balaban J connectivity index is 2.02. The Kier molecular flexibility index (Phi) is 8.74. The van der Waals surface area contributed by atoms with Crippen LogP contribution in [0.3, 0.4) is 0 Å². The summed E-state index contributed by atoms with van der Waals surface area (Å²) in [5.41, 5.74) is 5.54. The van der Waals surface area contributed by atoms with Gasteiger partial charge in [0.15, 0.2) is 0 Å². The van der Waals surface area contributed by atoms with Gasteiger partial charge in [0.2, 0.25) is 0 Å². The molecule has 166 valence electrons. The molecule has 0 saturated carbocycles. The van der Waals surface area contributed by atoms with Crippen LogP contribution in [0, 0.1) is 0 Å². The van der Waals surface area contributed by atoms with E-state index in [4.69, 9.17) is 21.1 Å². The first kappa shape index (κ1) is 23.3. The van der Waals surface area contributed by atoms with Crippen LogP contribution in [0.5, 0.6) is 0 Å². The molecule has 5 N–H and O–H groups in total. The number of amidine groups is 1. The number of imidazole rings is 1. The second-order valence-electron chi connectivity index (χ2n) is 7.13. The molecular weight excluding hydrogens is 396 g/mol. The van der Waals surface area contributed by atoms with Crippen molar-refractivity contribution in [3.05, 3.63) is 18.2 Å². The van der Waals surface area contributed by atoms with Gasteiger partial charge in [-0.3, -0.25) is 24.3 Å². The summed E-state index contributed by atoms with van der Waals surface area (Å²) in [6, 6.07) is -0.904. The van der Waals surface area contributed by atoms with Gasteiger partial charge in [-0.1, -0.05) is 6.42 Å². The van der Waals surface area contributed by atoms with Gasteiger partial charge in [0.05, 0.1) is 19.6 Å². The molecule has 1 aromatic heterocycles. The summed E-state index contributed by atoms with van der Waals surface area (Å²) in [5, 5.41) is 27.0. The summed E-state index contributed by atoms with van der Waals surface area (Å²) in [6.45, 7) is 2.04. The molecule has 30 heavy (non-hydrogen) atoms. The molecule has 0 aromatic carbocycles. The van der Waals surface area contributed by atoms with Crippen LogP contribution in [0.4, 0.5) is 0 Å². The Bertz CT molecular complexity index is 779. The summed E-state index contributed by atoms with van der Waals surface area (Å²) < 4.78 is 1.54. The number of rotatable bonds is 14. The lowest BCUT2D eigenvalue weighted by Crippen LogP contribution is -2.41. The first-order valence-electron chi connectivity index (χ1n) is 9.69. The number of unbranched alkanes of at least 4 members (excludes halogenated alkanes) is 1. The van der Waals surface area contributed by atoms with Gasteiger partial charge in [-0.05, 0) is 19.4 Å². The van der Waals surface area contributed by atoms with E-state index in [0.29, 0.717) is 63.6 Å². The normalized spacial score (nSPS) is 14.7. The predicted octanol–water partition coefficient (Wildman–Crippen LogP) is -0.849. The summed E-state index contributed by atoms with van der Waals surface area (Å²) in [7, 11) is 0. The van der Waals surface area contributed by atoms with Crippen LogP contribution in [0.25, 0.3) is 0 Å². The van der Waals surface area contributed by atoms with Gasteiger partial charge in [0, 0.05) is 18.9 Å². The maximum Gasteiger partial charge on any atom is 0.323 e. The van der Waals surface area contributed by atoms with Crippen molar-refractivity contribution in [1.29, 1.82) is 0 Å². The van der Waals surface area contributed by atoms with Crippen molar-refractivity contribution >= 4 is 23.7 Å². The van der Waals surface area contributed by atoms with Gasteiger partial charge in [-0.2, -0.15) is 0 Å². The lowest BCUT2D eigenvalue weighted by Gasteiger charge is -2.26. The highest BCUT2D eigenvalue weighted by Crippen LogP contribution is 2.10. The number of carboxylic acids is 3. The zero-order valence-electron chi connectivity index (χ0n) is 16.7. The SMILES string of the molecule is NC(CCCCN(CC1=NCCN1CC(=O)O)Cc1nccn1CC(=O)O)C(=O)O. The second kappa shape index (κ2) is 11.3. The largest absolute Gasteiger partial charge is 0.480 e. The molecular formula is C18H28N6O6. The average molecular weight is 424 g/mol. The van der Waals surface area contributed by atoms with E-state index in [1.54, 1.807) is 15.7 Å². The Morgan fingerprint density at radius 2 is 1.87 bits per heavy atom. The van der Waals surface area contributed by atoms with Crippen LogP contribution >= 0.6 is 0 Å². The maximum absolute atomic E-state index is 11.1. The molecule has 2 heterocycles. The van der Waals surface area contributed by atoms with Gasteiger partial charge < -0.3 is 30.5 Å². The number of hydrogen-bond donors (Lipinski definition) is 4. The number of aliphatic carboxylic acids is 3. The van der Waals surface area contributed by atoms with Crippen molar-refractivity contribution in [1.82, 2.24) is 19.4 Å². The molecule has 0 saturated heterocycles. The molecule has 0 fully saturated rings. The third-order valence-electron chi connectivity index (χ3n) is 4.75. The fraction of sp³-hybridized carbons (Fsp3) is 0.611. The van der Waals surface area contributed by atoms with E-state index in [1.165, 1.54) is 6.20 Å². The maximum atomic E-state index is 11.1. The molecule has 12 heteroatoms. The van der Waals surface area contributed by atoms with Gasteiger partial charge in [0.1, 0.15) is 30.8 Å². The average Bonchev–Trinajstić information content (AvgIpc) is 3.27. The molecule has 0 spiro atoms. The predicted molar refractivity (Wildman–Crippen MR) is 106 cm³/mol. The first-order valence-corrected chi connectivity index (χ1v) is 9.69. The standard InChI is InChI=1S/C18H28N6O6/c19-13(18(29)30)3-1-2-6-22(9-14-20-4-7-23(14)11-16(25)26)10-15-21-5-8-24(15)12-17(27)28/h4,7,13H,1-3,5-6,8-12,19H2,(H,25,26)(H,27,28)(H,29,30). The van der Waals surface area contributed by atoms with E-state index >= 15 is 0 Å². The second-order valence-corrected chi connectivity index (χ2v) is 7.13. The third-order valence-corrected chi connectivity index (χ3v) is 4.75. The van der Waals surface area contributed by atoms with Crippen molar-refractivity contribution in [3.8, 4) is 0 Å². The summed E-state index contributed by atoms with van der Waals surface area (Å²) >= 11 is 0. The monoisotopic (exact) mass is 424 g/mol. The Labute approximate surface area is 173 Å². The molecule has 1 aliphatic rings. The first-order chi connectivity index (χ1) is 14.3. The van der Waals surface area contributed by atoms with Crippen LogP contribution in [0.2, 0.25) is 0 Å². The van der Waals surface area contributed by atoms with Crippen molar-refractivity contribution in [3.63, 3.8) is 0 Å². The van der Waals surface area contributed by atoms with Crippen molar-refractivity contribution in [2.45, 2.75) is 38.4 Å². The number of aliphatic imine (C=N–C) groups is 1. The minimum Gasteiger partial charge on any atom is -0.480 e. The van der Waals surface area contributed by atoms with E-state index in [2.05, 4.69) is 9.98 Å². The van der Waals surface area contributed by atoms with Gasteiger partial charge in [0.25, 0.3) is 0 Å². The van der Waals surface area contributed by atoms with Gasteiger partial charge in [-0.25, -0.2) is 4.98 Å². The molecule has 1 aromatic rings. The number of aromatic nitrogens is 2. The highest BCUT2D eigenvalue weighted by molar-refractivity contribution is 5.88. The minimum atomic E-state index is -1.04. The lowest BCUT2D eigenvalue weighted by atomic mass is 10.1. The molecule has 2 rings (SSSR count). The molecule has 1 atom stereocenters. The Hall–Kier alpha value is -2.99. The van der Waals surface area contributed by atoms with E-state index in [1.807, 2.05) is 4.90 Å². The summed E-state index contributed by atoms with van der Waals surface area (Å²) in [5.74, 6) is -1.71. The van der Waals surface area contributed by atoms with Crippen LogP contribution in [0.1, 0.15) is 25.1 Å². The highest BCUT2D eigenvalue weighted by Gasteiger charge is 2.23. The molecule has 0 amide bonds. The number of nitrogens with zero attached hydrogens (tertiary/aromatic N) is 5. The smallest absolute Gasteiger partial charge is 0.323 e. The zero-order valence-corrected chi connectivity index (χ0v) is 16.7. The molecule has 1 unspecified atom stereocenters. The minimum absolute atomic E-state index is 0.131. The number of hydrogen-bond acceptors (Lipinski definition) is 8. The van der Waals surface area contributed by atoms with E-state index in [9.17, 15) is 14.4 Å². The number of nitrogens with two attached hydrogens (primary N) is 1. The van der Waals surface area contributed by atoms with E-state index in [0.717, 1.165) is 0 Å². The lowest BCUT2D eigenvalue weighted by molar-refractivity contribution is -0.139. The number of carboxylic acid groups (broad SMARTS) is 3. The van der Waals surface area contributed by atoms with Crippen molar-refractivity contribution < 1.29 is 29.7 Å². The fourth-order valence-corrected chi connectivity index (χ4v) is 3.23. The van der Waals surface area contributed by atoms with E-state index in [-0.39, 0.29) is 13.1 Å². The summed E-state index contributed by atoms with van der Waals surface area (Å²) in [4.78, 5) is 45.4. The Morgan fingerprint density at radius 3 is 2.53 bits per heavy atom. The van der Waals surface area contributed by atoms with E-state index < -0.39 is 23.9 Å². The van der Waals surface area contributed by atoms with Crippen LogP contribution < -0.4 is 5.73 Å². The fourth-order valence-electron chi connectivity index (χ4n) is 3.23. The van der Waals surface area contributed by atoms with Crippen LogP contribution in [-0.2, 0) is 27.5 Å². The summed E-state index contributed by atoms with van der Waals surface area (Å²) in [6.07, 6.45) is 4.76. The van der Waals surface area contributed by atoms with Crippen LogP contribution in [0.15, 0.2) is 17.4 Å². The van der Waals surface area contributed by atoms with Crippen molar-refractivity contribution in [2.24, 2.45) is 10.7 Å². The zero-order chi connectivity index (χ0) is 22.1. The van der Waals surface area contributed by atoms with Gasteiger partial charge in [-0.15, -0.1) is 0 Å². The quantitative estimate of drug-likeness (QED) is 0.275. The van der Waals surface area contributed by atoms with Crippen molar-refractivity contribution in [2.75, 3.05) is 32.7 Å². The highest BCUT2D eigenvalue weighted by atomic mass is 16.4. The molecule has 0 aliphatic carbocycles. The molecule has 12 nitrogen and oxygen atoms in total. The Morgan fingerprint density at radius 1 is 1.13 bits per heavy atom. The third kappa shape index (κ3) is 7.44. The molecule has 0 bridgehead atoms. The van der Waals surface area contributed by atoms with Gasteiger partial charge >= 0.3 is 17.9 Å². The van der Waals surface area contributed by atoms with Crippen LogP contribution in [-0.4, -0.2) is 97.2 Å².